The summed E-state index contributed by atoms with van der Waals surface area (Å²) in [6.45, 7) is 7.72. The molecule has 0 bridgehead atoms. The zero-order valence-corrected chi connectivity index (χ0v) is 20.9. The number of carbonyl (C=O) groups is 1. The molecule has 1 aliphatic rings. The van der Waals surface area contributed by atoms with Crippen molar-refractivity contribution in [3.05, 3.63) is 47.3 Å². The topological polar surface area (TPSA) is 57.0 Å². The summed E-state index contributed by atoms with van der Waals surface area (Å²) in [6.07, 6.45) is 1.61. The van der Waals surface area contributed by atoms with Gasteiger partial charge in [0.15, 0.2) is 11.3 Å². The summed E-state index contributed by atoms with van der Waals surface area (Å²) in [4.78, 5) is 16.2. The number of esters is 1. The van der Waals surface area contributed by atoms with E-state index in [1.165, 1.54) is 17.9 Å². The van der Waals surface area contributed by atoms with E-state index in [-0.39, 0.29) is 22.4 Å². The maximum absolute atomic E-state index is 13.8. The van der Waals surface area contributed by atoms with Crippen molar-refractivity contribution >= 4 is 17.0 Å². The number of unbranched alkanes of at least 4 members (excludes halogenated alkanes) is 1. The molecule has 0 saturated heterocycles. The molecule has 0 atom stereocenters. The summed E-state index contributed by atoms with van der Waals surface area (Å²) >= 11 is 0. The molecule has 2 aromatic heterocycles. The minimum atomic E-state index is -4.58. The maximum atomic E-state index is 13.8. The van der Waals surface area contributed by atoms with Gasteiger partial charge in [0.2, 0.25) is 0 Å². The molecule has 1 aliphatic carbocycles. The molecule has 0 spiro atoms. The number of hydrogen-bond donors (Lipinski definition) is 0. The predicted octanol–water partition coefficient (Wildman–Crippen LogP) is 6.76. The van der Waals surface area contributed by atoms with E-state index in [0.717, 1.165) is 42.4 Å². The van der Waals surface area contributed by atoms with Crippen LogP contribution in [0.4, 0.5) is 13.2 Å². The fourth-order valence-corrected chi connectivity index (χ4v) is 4.42. The Morgan fingerprint density at radius 1 is 1.14 bits per heavy atom. The molecule has 3 aromatic rings. The summed E-state index contributed by atoms with van der Waals surface area (Å²) in [6, 6.07) is 7.78. The van der Waals surface area contributed by atoms with Gasteiger partial charge in [0.1, 0.15) is 5.60 Å². The highest BCUT2D eigenvalue weighted by atomic mass is 19.4. The number of pyridine rings is 1. The van der Waals surface area contributed by atoms with Crippen LogP contribution >= 0.6 is 0 Å². The molecule has 4 rings (SSSR count). The van der Waals surface area contributed by atoms with Crippen molar-refractivity contribution in [3.8, 4) is 11.1 Å². The number of benzene rings is 1. The van der Waals surface area contributed by atoms with Gasteiger partial charge in [0.25, 0.3) is 0 Å². The lowest BCUT2D eigenvalue weighted by Crippen LogP contribution is -2.23. The average molecular weight is 488 g/mol. The third-order valence-corrected chi connectivity index (χ3v) is 6.51. The first-order valence-electron chi connectivity index (χ1n) is 12.0. The quantitative estimate of drug-likeness (QED) is 0.273. The molecule has 0 radical (unpaired) electrons. The van der Waals surface area contributed by atoms with Crippen LogP contribution in [0.5, 0.6) is 0 Å². The highest BCUT2D eigenvalue weighted by Crippen LogP contribution is 2.49. The van der Waals surface area contributed by atoms with E-state index < -0.39 is 17.5 Å². The van der Waals surface area contributed by atoms with Gasteiger partial charge in [-0.3, -0.25) is 4.79 Å². The molecule has 0 amide bonds. The molecular formula is C27H32F3N3O2. The Kier molecular flexibility index (Phi) is 6.45. The van der Waals surface area contributed by atoms with Crippen LogP contribution in [0.3, 0.4) is 0 Å². The van der Waals surface area contributed by atoms with Crippen molar-refractivity contribution < 1.29 is 22.7 Å². The Balaban J connectivity index is 1.65. The van der Waals surface area contributed by atoms with Gasteiger partial charge in [-0.15, -0.1) is 0 Å². The molecule has 188 valence electrons. The van der Waals surface area contributed by atoms with Gasteiger partial charge in [-0.05, 0) is 86.6 Å². The van der Waals surface area contributed by atoms with Crippen LogP contribution in [-0.4, -0.2) is 26.3 Å². The zero-order valence-electron chi connectivity index (χ0n) is 20.9. The Morgan fingerprint density at radius 2 is 1.86 bits per heavy atom. The first-order chi connectivity index (χ1) is 16.3. The van der Waals surface area contributed by atoms with Crippen LogP contribution < -0.4 is 0 Å². The lowest BCUT2D eigenvalue weighted by molar-refractivity contribution is -0.155. The van der Waals surface area contributed by atoms with Crippen LogP contribution in [0.2, 0.25) is 0 Å². The number of rotatable bonds is 7. The standard InChI is InChI=1S/C27H32F3N3O2/c1-25(2,3)35-21(34)9-7-6-8-17-14-18(16-19(15-17)26(4)11-12-26)20-10-13-31-24-22(20)23(27(28,29)30)32-33(24)5/h10,13-16H,6-9,11-12H2,1-5H3. The Morgan fingerprint density at radius 3 is 2.49 bits per heavy atom. The normalized spacial score (nSPS) is 15.4. The van der Waals surface area contributed by atoms with Gasteiger partial charge in [0.05, 0.1) is 5.39 Å². The van der Waals surface area contributed by atoms with Crippen molar-refractivity contribution in [2.45, 2.75) is 83.4 Å². The third kappa shape index (κ3) is 5.68. The third-order valence-electron chi connectivity index (χ3n) is 6.51. The number of halogens is 3. The number of hydrogen-bond acceptors (Lipinski definition) is 4. The number of fused-ring (bicyclic) bond motifs is 1. The lowest BCUT2D eigenvalue weighted by Gasteiger charge is -2.19. The van der Waals surface area contributed by atoms with Gasteiger partial charge >= 0.3 is 12.1 Å². The smallest absolute Gasteiger partial charge is 0.435 e. The number of aryl methyl sites for hydroxylation is 2. The SMILES string of the molecule is Cn1nc(C(F)(F)F)c2c(-c3cc(CCCCC(=O)OC(C)(C)C)cc(C4(C)CC4)c3)ccnc21. The number of aromatic nitrogens is 3. The van der Waals surface area contributed by atoms with Crippen LogP contribution in [0.1, 0.15) is 76.6 Å². The molecule has 0 N–H and O–H groups in total. The Bertz CT molecular complexity index is 1250. The van der Waals surface area contributed by atoms with Crippen LogP contribution in [0.15, 0.2) is 30.5 Å². The van der Waals surface area contributed by atoms with Crippen molar-refractivity contribution in [2.75, 3.05) is 0 Å². The Hall–Kier alpha value is -2.90. The van der Waals surface area contributed by atoms with Crippen LogP contribution in [-0.2, 0) is 34.6 Å². The maximum Gasteiger partial charge on any atom is 0.435 e. The first kappa shape index (κ1) is 25.2. The minimum absolute atomic E-state index is 0.0245. The lowest BCUT2D eigenvalue weighted by atomic mass is 9.89. The highest BCUT2D eigenvalue weighted by Gasteiger charge is 2.40. The number of ether oxygens (including phenoxy) is 1. The van der Waals surface area contributed by atoms with Crippen molar-refractivity contribution in [2.24, 2.45) is 7.05 Å². The van der Waals surface area contributed by atoms with E-state index in [2.05, 4.69) is 23.1 Å². The van der Waals surface area contributed by atoms with Crippen LogP contribution in [0.25, 0.3) is 22.2 Å². The van der Waals surface area contributed by atoms with E-state index in [4.69, 9.17) is 4.74 Å². The molecule has 0 unspecified atom stereocenters. The zero-order chi connectivity index (χ0) is 25.6. The molecule has 35 heavy (non-hydrogen) atoms. The van der Waals surface area contributed by atoms with E-state index >= 15 is 0 Å². The number of alkyl halides is 3. The van der Waals surface area contributed by atoms with Crippen molar-refractivity contribution in [3.63, 3.8) is 0 Å². The molecule has 8 heteroatoms. The largest absolute Gasteiger partial charge is 0.460 e. The fraction of sp³-hybridized carbons (Fsp3) is 0.519. The van der Waals surface area contributed by atoms with E-state index in [1.807, 2.05) is 32.9 Å². The second-order valence-corrected chi connectivity index (χ2v) is 10.8. The fourth-order valence-electron chi connectivity index (χ4n) is 4.42. The van der Waals surface area contributed by atoms with Crippen molar-refractivity contribution in [1.82, 2.24) is 14.8 Å². The van der Waals surface area contributed by atoms with Gasteiger partial charge in [0, 0.05) is 19.7 Å². The summed E-state index contributed by atoms with van der Waals surface area (Å²) in [5.74, 6) is -0.215. The van der Waals surface area contributed by atoms with Gasteiger partial charge in [-0.25, -0.2) is 9.67 Å². The molecule has 0 aliphatic heterocycles. The summed E-state index contributed by atoms with van der Waals surface area (Å²) in [5, 5.41) is 3.77. The second-order valence-electron chi connectivity index (χ2n) is 10.8. The average Bonchev–Trinajstić information content (AvgIpc) is 3.41. The van der Waals surface area contributed by atoms with Gasteiger partial charge in [-0.2, -0.15) is 18.3 Å². The molecular weight excluding hydrogens is 455 g/mol. The highest BCUT2D eigenvalue weighted by molar-refractivity contribution is 5.95. The Labute approximate surface area is 203 Å². The molecule has 1 saturated carbocycles. The van der Waals surface area contributed by atoms with Crippen molar-refractivity contribution in [1.29, 1.82) is 0 Å². The van der Waals surface area contributed by atoms with E-state index in [1.54, 1.807) is 6.07 Å². The minimum Gasteiger partial charge on any atom is -0.460 e. The monoisotopic (exact) mass is 487 g/mol. The predicted molar refractivity (Wildman–Crippen MR) is 129 cm³/mol. The van der Waals surface area contributed by atoms with Gasteiger partial charge < -0.3 is 4.74 Å². The molecule has 2 heterocycles. The van der Waals surface area contributed by atoms with Gasteiger partial charge in [-0.1, -0.05) is 25.1 Å². The number of nitrogens with zero attached hydrogens (tertiary/aromatic N) is 3. The van der Waals surface area contributed by atoms with E-state index in [0.29, 0.717) is 18.4 Å². The molecule has 5 nitrogen and oxygen atoms in total. The first-order valence-corrected chi connectivity index (χ1v) is 12.0. The number of carbonyl (C=O) groups excluding carboxylic acids is 1. The van der Waals surface area contributed by atoms with E-state index in [9.17, 15) is 18.0 Å². The van der Waals surface area contributed by atoms with Crippen LogP contribution in [0, 0.1) is 0 Å². The summed E-state index contributed by atoms with van der Waals surface area (Å²) in [5.41, 5.74) is 2.25. The second kappa shape index (κ2) is 8.95. The molecule has 1 aromatic carbocycles. The summed E-state index contributed by atoms with van der Waals surface area (Å²) < 4.78 is 48.0. The summed E-state index contributed by atoms with van der Waals surface area (Å²) in [7, 11) is 1.48. The molecule has 1 fully saturated rings.